The van der Waals surface area contributed by atoms with E-state index in [-0.39, 0.29) is 5.91 Å². The number of carbonyl (C=O) groups excluding carboxylic acids is 2. The quantitative estimate of drug-likeness (QED) is 0.631. The summed E-state index contributed by atoms with van der Waals surface area (Å²) in [6, 6.07) is 12.0. The SMILES string of the molecule is Cc1cc(Cl)ccc1OC(=O)c1ccc(N2CCCC2=O)cc1. The molecule has 1 aliphatic heterocycles. The van der Waals surface area contributed by atoms with E-state index in [4.69, 9.17) is 16.3 Å². The third-order valence-electron chi connectivity index (χ3n) is 3.83. The van der Waals surface area contributed by atoms with Crippen molar-refractivity contribution in [1.82, 2.24) is 0 Å². The fourth-order valence-corrected chi connectivity index (χ4v) is 2.81. The topological polar surface area (TPSA) is 46.6 Å². The van der Waals surface area contributed by atoms with Crippen molar-refractivity contribution in [3.05, 3.63) is 58.6 Å². The Hall–Kier alpha value is -2.33. The second-order valence-electron chi connectivity index (χ2n) is 5.50. The molecule has 1 saturated heterocycles. The lowest BCUT2D eigenvalue weighted by Crippen LogP contribution is -2.23. The van der Waals surface area contributed by atoms with Crippen LogP contribution in [0.5, 0.6) is 5.75 Å². The lowest BCUT2D eigenvalue weighted by atomic mass is 10.2. The minimum absolute atomic E-state index is 0.122. The highest BCUT2D eigenvalue weighted by molar-refractivity contribution is 6.30. The van der Waals surface area contributed by atoms with E-state index in [1.807, 2.05) is 6.92 Å². The Morgan fingerprint density at radius 2 is 1.91 bits per heavy atom. The molecule has 0 N–H and O–H groups in total. The lowest BCUT2D eigenvalue weighted by molar-refractivity contribution is -0.117. The van der Waals surface area contributed by atoms with Gasteiger partial charge in [-0.1, -0.05) is 11.6 Å². The predicted octanol–water partition coefficient (Wildman–Crippen LogP) is 3.99. The van der Waals surface area contributed by atoms with Gasteiger partial charge in [-0.15, -0.1) is 0 Å². The van der Waals surface area contributed by atoms with E-state index in [0.717, 1.165) is 24.2 Å². The molecule has 1 fully saturated rings. The van der Waals surface area contributed by atoms with Gasteiger partial charge in [0, 0.05) is 23.7 Å². The number of esters is 1. The normalized spacial score (nSPS) is 14.2. The summed E-state index contributed by atoms with van der Waals surface area (Å²) in [5.41, 5.74) is 2.05. The first-order valence-electron chi connectivity index (χ1n) is 7.43. The molecule has 5 heteroatoms. The number of benzene rings is 2. The molecule has 1 aliphatic rings. The van der Waals surface area contributed by atoms with E-state index in [1.165, 1.54) is 0 Å². The van der Waals surface area contributed by atoms with Gasteiger partial charge in [0.2, 0.25) is 5.91 Å². The Balaban J connectivity index is 1.74. The number of carbonyl (C=O) groups is 2. The summed E-state index contributed by atoms with van der Waals surface area (Å²) in [6.07, 6.45) is 1.46. The van der Waals surface area contributed by atoms with Crippen molar-refractivity contribution in [2.24, 2.45) is 0 Å². The number of hydrogen-bond donors (Lipinski definition) is 0. The maximum absolute atomic E-state index is 12.2. The second-order valence-corrected chi connectivity index (χ2v) is 5.93. The largest absolute Gasteiger partial charge is 0.423 e. The zero-order valence-corrected chi connectivity index (χ0v) is 13.5. The van der Waals surface area contributed by atoms with E-state index in [1.54, 1.807) is 47.4 Å². The molecule has 23 heavy (non-hydrogen) atoms. The fraction of sp³-hybridized carbons (Fsp3) is 0.222. The predicted molar refractivity (Wildman–Crippen MR) is 89.2 cm³/mol. The van der Waals surface area contributed by atoms with Crippen LogP contribution in [0.4, 0.5) is 5.69 Å². The zero-order valence-electron chi connectivity index (χ0n) is 12.7. The Bertz CT molecular complexity index is 755. The molecule has 0 spiro atoms. The monoisotopic (exact) mass is 329 g/mol. The molecule has 3 rings (SSSR count). The zero-order chi connectivity index (χ0) is 16.4. The average Bonchev–Trinajstić information content (AvgIpc) is 2.96. The van der Waals surface area contributed by atoms with Gasteiger partial charge in [-0.05, 0) is 61.4 Å². The van der Waals surface area contributed by atoms with Crippen LogP contribution in [0.3, 0.4) is 0 Å². The average molecular weight is 330 g/mol. The van der Waals surface area contributed by atoms with Crippen LogP contribution in [-0.4, -0.2) is 18.4 Å². The first-order chi connectivity index (χ1) is 11.0. The molecule has 0 aliphatic carbocycles. The molecular formula is C18H16ClNO3. The highest BCUT2D eigenvalue weighted by atomic mass is 35.5. The summed E-state index contributed by atoms with van der Waals surface area (Å²) in [4.78, 5) is 25.7. The molecule has 0 atom stereocenters. The third kappa shape index (κ3) is 3.37. The Morgan fingerprint density at radius 3 is 2.52 bits per heavy atom. The number of anilines is 1. The third-order valence-corrected chi connectivity index (χ3v) is 4.06. The molecule has 0 bridgehead atoms. The van der Waals surface area contributed by atoms with Crippen LogP contribution in [0, 0.1) is 6.92 Å². The van der Waals surface area contributed by atoms with Gasteiger partial charge in [-0.25, -0.2) is 4.79 Å². The fourth-order valence-electron chi connectivity index (χ4n) is 2.58. The van der Waals surface area contributed by atoms with Crippen molar-refractivity contribution in [3.8, 4) is 5.75 Å². The second kappa shape index (κ2) is 6.42. The van der Waals surface area contributed by atoms with Crippen LogP contribution >= 0.6 is 11.6 Å². The summed E-state index contributed by atoms with van der Waals surface area (Å²) in [6.45, 7) is 2.56. The summed E-state index contributed by atoms with van der Waals surface area (Å²) >= 11 is 5.89. The highest BCUT2D eigenvalue weighted by Crippen LogP contribution is 2.24. The van der Waals surface area contributed by atoms with Crippen molar-refractivity contribution >= 4 is 29.2 Å². The molecule has 1 heterocycles. The number of nitrogens with zero attached hydrogens (tertiary/aromatic N) is 1. The highest BCUT2D eigenvalue weighted by Gasteiger charge is 2.21. The number of ether oxygens (including phenoxy) is 1. The molecule has 118 valence electrons. The van der Waals surface area contributed by atoms with Crippen LogP contribution in [-0.2, 0) is 4.79 Å². The van der Waals surface area contributed by atoms with Gasteiger partial charge in [-0.2, -0.15) is 0 Å². The van der Waals surface area contributed by atoms with Crippen molar-refractivity contribution in [1.29, 1.82) is 0 Å². The molecule has 0 unspecified atom stereocenters. The van der Waals surface area contributed by atoms with Crippen LogP contribution < -0.4 is 9.64 Å². The number of rotatable bonds is 3. The van der Waals surface area contributed by atoms with Crippen molar-refractivity contribution in [2.75, 3.05) is 11.4 Å². The van der Waals surface area contributed by atoms with Gasteiger partial charge >= 0.3 is 5.97 Å². The van der Waals surface area contributed by atoms with E-state index in [2.05, 4.69) is 0 Å². The van der Waals surface area contributed by atoms with Crippen molar-refractivity contribution in [3.63, 3.8) is 0 Å². The van der Waals surface area contributed by atoms with E-state index in [0.29, 0.717) is 22.8 Å². The van der Waals surface area contributed by atoms with Crippen LogP contribution in [0.2, 0.25) is 5.02 Å². The van der Waals surface area contributed by atoms with Crippen molar-refractivity contribution in [2.45, 2.75) is 19.8 Å². The summed E-state index contributed by atoms with van der Waals surface area (Å²) in [7, 11) is 0. The Morgan fingerprint density at radius 1 is 1.17 bits per heavy atom. The number of aryl methyl sites for hydroxylation is 1. The molecule has 0 saturated carbocycles. The van der Waals surface area contributed by atoms with Gasteiger partial charge in [0.1, 0.15) is 5.75 Å². The number of hydrogen-bond acceptors (Lipinski definition) is 3. The van der Waals surface area contributed by atoms with Gasteiger partial charge in [0.25, 0.3) is 0 Å². The smallest absolute Gasteiger partial charge is 0.343 e. The van der Waals surface area contributed by atoms with E-state index in [9.17, 15) is 9.59 Å². The van der Waals surface area contributed by atoms with E-state index < -0.39 is 5.97 Å². The summed E-state index contributed by atoms with van der Waals surface area (Å²) in [5, 5.41) is 0.599. The van der Waals surface area contributed by atoms with Gasteiger partial charge < -0.3 is 9.64 Å². The molecular weight excluding hydrogens is 314 g/mol. The molecule has 2 aromatic carbocycles. The standard InChI is InChI=1S/C18H16ClNO3/c1-12-11-14(19)6-9-16(12)23-18(22)13-4-7-15(8-5-13)20-10-2-3-17(20)21/h4-9,11H,2-3,10H2,1H3. The molecule has 1 amide bonds. The molecule has 0 aromatic heterocycles. The Labute approximate surface area is 139 Å². The molecule has 4 nitrogen and oxygen atoms in total. The maximum Gasteiger partial charge on any atom is 0.343 e. The lowest BCUT2D eigenvalue weighted by Gasteiger charge is -2.15. The summed E-state index contributed by atoms with van der Waals surface area (Å²) < 4.78 is 5.39. The van der Waals surface area contributed by atoms with Crippen LogP contribution in [0.25, 0.3) is 0 Å². The van der Waals surface area contributed by atoms with Gasteiger partial charge in [-0.3, -0.25) is 4.79 Å². The molecule has 0 radical (unpaired) electrons. The molecule has 2 aromatic rings. The first-order valence-corrected chi connectivity index (χ1v) is 7.81. The van der Waals surface area contributed by atoms with Gasteiger partial charge in [0.15, 0.2) is 0 Å². The van der Waals surface area contributed by atoms with Crippen LogP contribution in [0.15, 0.2) is 42.5 Å². The number of halogens is 1. The van der Waals surface area contributed by atoms with Crippen molar-refractivity contribution < 1.29 is 14.3 Å². The van der Waals surface area contributed by atoms with Crippen LogP contribution in [0.1, 0.15) is 28.8 Å². The summed E-state index contributed by atoms with van der Waals surface area (Å²) in [5.74, 6) is 0.171. The Kier molecular flexibility index (Phi) is 4.35. The van der Waals surface area contributed by atoms with E-state index >= 15 is 0 Å². The minimum atomic E-state index is -0.435. The minimum Gasteiger partial charge on any atom is -0.423 e. The maximum atomic E-state index is 12.2. The number of amides is 1. The van der Waals surface area contributed by atoms with Gasteiger partial charge in [0.05, 0.1) is 5.56 Å². The first kappa shape index (κ1) is 15.6.